The van der Waals surface area contributed by atoms with Gasteiger partial charge in [0.1, 0.15) is 18.6 Å². The molecule has 0 saturated heterocycles. The number of ether oxygens (including phenoxy) is 1. The van der Waals surface area contributed by atoms with Crippen LogP contribution in [0.3, 0.4) is 0 Å². The van der Waals surface area contributed by atoms with Crippen LogP contribution in [0.4, 0.5) is 5.69 Å². The molecule has 0 fully saturated rings. The van der Waals surface area contributed by atoms with E-state index in [1.807, 2.05) is 0 Å². The number of benzene rings is 1. The summed E-state index contributed by atoms with van der Waals surface area (Å²) in [5.41, 5.74) is 5.10. The first-order valence-electron chi connectivity index (χ1n) is 12.2. The van der Waals surface area contributed by atoms with Crippen molar-refractivity contribution in [2.24, 2.45) is 10.8 Å². The summed E-state index contributed by atoms with van der Waals surface area (Å²) in [6.45, 7) is 17.8. The summed E-state index contributed by atoms with van der Waals surface area (Å²) in [5.74, 6) is 2.02. The van der Waals surface area contributed by atoms with Crippen molar-refractivity contribution in [3.63, 3.8) is 0 Å². The highest BCUT2D eigenvalue weighted by Crippen LogP contribution is 2.45. The van der Waals surface area contributed by atoms with Crippen molar-refractivity contribution < 1.29 is 9.31 Å². The average Bonchev–Trinajstić information content (AvgIpc) is 2.95. The maximum atomic E-state index is 6.25. The molecule has 0 atom stereocenters. The summed E-state index contributed by atoms with van der Waals surface area (Å²) >= 11 is 7.42. The molecule has 2 nitrogen and oxygen atoms in total. The van der Waals surface area contributed by atoms with Crippen molar-refractivity contribution in [3.05, 3.63) is 94.1 Å². The molecule has 2 aliphatic rings. The van der Waals surface area contributed by atoms with Gasteiger partial charge in [0.2, 0.25) is 5.69 Å². The Morgan fingerprint density at radius 2 is 1.33 bits per heavy atom. The van der Waals surface area contributed by atoms with Gasteiger partial charge in [-0.3, -0.25) is 0 Å². The van der Waals surface area contributed by atoms with Gasteiger partial charge in [0, 0.05) is 33.7 Å². The van der Waals surface area contributed by atoms with E-state index in [2.05, 4.69) is 196 Å². The number of hydrogen-bond donors (Lipinski definition) is 0. The zero-order valence-electron chi connectivity index (χ0n) is 22.8. The van der Waals surface area contributed by atoms with Crippen LogP contribution in [0.1, 0.15) is 61.0 Å². The molecule has 1 aromatic rings. The van der Waals surface area contributed by atoms with Crippen LogP contribution in [0.5, 0.6) is 0 Å². The molecule has 2 heterocycles. The van der Waals surface area contributed by atoms with Gasteiger partial charge in [-0.15, -0.1) is 0 Å². The molecule has 0 amide bonds. The Labute approximate surface area is 258 Å². The SMILES string of the molecule is C[N+]1=C(/C=C/C=C/C=C/C=C2C=C(C(C)(C)C)OC(C(C)(C)C)=C2)C(C)(C)c2c1cc(I)c(I)c2I. The molecular weight excluding hydrogens is 783 g/mol. The summed E-state index contributed by atoms with van der Waals surface area (Å²) in [7, 11) is 2.18. The van der Waals surface area contributed by atoms with Crippen LogP contribution in [0.2, 0.25) is 0 Å². The number of fused-ring (bicyclic) bond motifs is 1. The second-order valence-electron chi connectivity index (χ2n) is 11.9. The van der Waals surface area contributed by atoms with E-state index in [1.54, 1.807) is 0 Å². The summed E-state index contributed by atoms with van der Waals surface area (Å²) < 4.78 is 12.6. The molecule has 1 aromatic carbocycles. The molecule has 192 valence electrons. The minimum Gasteiger partial charge on any atom is -0.465 e. The first kappa shape index (κ1) is 29.9. The van der Waals surface area contributed by atoms with E-state index in [0.717, 1.165) is 17.1 Å². The van der Waals surface area contributed by atoms with E-state index >= 15 is 0 Å². The summed E-state index contributed by atoms with van der Waals surface area (Å²) in [6, 6.07) is 2.31. The van der Waals surface area contributed by atoms with Crippen molar-refractivity contribution in [2.75, 3.05) is 7.05 Å². The molecule has 36 heavy (non-hydrogen) atoms. The molecule has 0 spiro atoms. The third-order valence-corrected chi connectivity index (χ3v) is 11.5. The Balaban J connectivity index is 1.78. The van der Waals surface area contributed by atoms with Gasteiger partial charge in [0.25, 0.3) is 0 Å². The van der Waals surface area contributed by atoms with Gasteiger partial charge in [-0.1, -0.05) is 78.0 Å². The Morgan fingerprint density at radius 3 is 1.89 bits per heavy atom. The first-order valence-corrected chi connectivity index (χ1v) is 15.4. The molecule has 5 heteroatoms. The number of allylic oxidation sites excluding steroid dienone is 12. The number of rotatable bonds is 4. The fourth-order valence-corrected chi connectivity index (χ4v) is 7.05. The van der Waals surface area contributed by atoms with Crippen molar-refractivity contribution >= 4 is 79.2 Å². The van der Waals surface area contributed by atoms with E-state index in [0.29, 0.717) is 0 Å². The van der Waals surface area contributed by atoms with Crippen LogP contribution in [0, 0.1) is 21.5 Å². The predicted molar refractivity (Wildman–Crippen MR) is 180 cm³/mol. The minimum atomic E-state index is -0.0363. The highest BCUT2D eigenvalue weighted by atomic mass is 127. The smallest absolute Gasteiger partial charge is 0.211 e. The van der Waals surface area contributed by atoms with Gasteiger partial charge in [0.15, 0.2) is 5.71 Å². The van der Waals surface area contributed by atoms with Crippen molar-refractivity contribution in [3.8, 4) is 0 Å². The highest BCUT2D eigenvalue weighted by Gasteiger charge is 2.45. The average molecular weight is 820 g/mol. The van der Waals surface area contributed by atoms with Crippen molar-refractivity contribution in [1.29, 1.82) is 0 Å². The van der Waals surface area contributed by atoms with Crippen LogP contribution < -0.4 is 0 Å². The molecule has 0 N–H and O–H groups in total. The van der Waals surface area contributed by atoms with Crippen LogP contribution in [0.25, 0.3) is 0 Å². The lowest BCUT2D eigenvalue weighted by molar-refractivity contribution is -0.401. The fraction of sp³-hybridized carbons (Fsp3) is 0.387. The van der Waals surface area contributed by atoms with Crippen LogP contribution >= 0.6 is 67.8 Å². The Bertz CT molecular complexity index is 1240. The second kappa shape index (κ2) is 11.2. The van der Waals surface area contributed by atoms with E-state index < -0.39 is 0 Å². The summed E-state index contributed by atoms with van der Waals surface area (Å²) in [4.78, 5) is 0. The molecule has 0 aromatic heterocycles. The van der Waals surface area contributed by atoms with Crippen molar-refractivity contribution in [1.82, 2.24) is 0 Å². The summed E-state index contributed by atoms with van der Waals surface area (Å²) in [6.07, 6.45) is 19.2. The lowest BCUT2D eigenvalue weighted by atomic mass is 9.81. The molecule has 0 unspecified atom stereocenters. The summed E-state index contributed by atoms with van der Waals surface area (Å²) in [5, 5.41) is 0. The Hall–Kier alpha value is -0.680. The lowest BCUT2D eigenvalue weighted by Crippen LogP contribution is -2.27. The quantitative estimate of drug-likeness (QED) is 0.128. The van der Waals surface area contributed by atoms with Gasteiger partial charge < -0.3 is 4.74 Å². The van der Waals surface area contributed by atoms with E-state index in [9.17, 15) is 0 Å². The fourth-order valence-electron chi connectivity index (χ4n) is 4.30. The lowest BCUT2D eigenvalue weighted by Gasteiger charge is -2.32. The molecule has 0 aliphatic carbocycles. The van der Waals surface area contributed by atoms with Gasteiger partial charge in [-0.25, -0.2) is 0 Å². The van der Waals surface area contributed by atoms with E-state index in [-0.39, 0.29) is 16.2 Å². The predicted octanol–water partition coefficient (Wildman–Crippen LogP) is 9.99. The number of nitrogens with zero attached hydrogens (tertiary/aromatic N) is 1. The molecule has 2 aliphatic heterocycles. The molecule has 3 rings (SSSR count). The maximum absolute atomic E-state index is 6.25. The molecular formula is C31H37I3NO+. The second-order valence-corrected chi connectivity index (χ2v) is 15.2. The van der Waals surface area contributed by atoms with Crippen molar-refractivity contribution in [2.45, 2.75) is 60.8 Å². The third-order valence-electron chi connectivity index (χ3n) is 6.41. The van der Waals surface area contributed by atoms with E-state index in [4.69, 9.17) is 4.74 Å². The van der Waals surface area contributed by atoms with Gasteiger partial charge in [-0.05, 0) is 99.3 Å². The van der Waals surface area contributed by atoms with E-state index in [1.165, 1.54) is 27.7 Å². The molecule has 0 bridgehead atoms. The van der Waals surface area contributed by atoms with Crippen LogP contribution in [0.15, 0.2) is 77.8 Å². The number of halogens is 3. The van der Waals surface area contributed by atoms with Gasteiger partial charge in [-0.2, -0.15) is 4.58 Å². The maximum Gasteiger partial charge on any atom is 0.211 e. The van der Waals surface area contributed by atoms with Crippen LogP contribution in [-0.2, 0) is 10.2 Å². The van der Waals surface area contributed by atoms with Crippen LogP contribution in [-0.4, -0.2) is 17.3 Å². The van der Waals surface area contributed by atoms with Gasteiger partial charge in [0.05, 0.1) is 11.0 Å². The first-order chi connectivity index (χ1) is 16.5. The standard InChI is InChI=1S/C31H37I3NO/c1-29(2,3)24-17-20(18-25(36-24)30(4,5)6)15-13-11-10-12-14-16-23-31(7,8)26-22(35(23)9)19-21(32)27(33)28(26)34/h10-19H,1-9H3/q+1/b12-10+,13-11+,16-14+. The topological polar surface area (TPSA) is 12.2 Å². The highest BCUT2D eigenvalue weighted by molar-refractivity contribution is 14.1. The Morgan fingerprint density at radius 1 is 0.806 bits per heavy atom. The van der Waals surface area contributed by atoms with Gasteiger partial charge >= 0.3 is 0 Å². The minimum absolute atomic E-state index is 0.0350. The monoisotopic (exact) mass is 820 g/mol. The molecule has 0 radical (unpaired) electrons. The zero-order chi connectivity index (χ0) is 27.1. The number of hydrogen-bond acceptors (Lipinski definition) is 1. The Kier molecular flexibility index (Phi) is 9.30. The zero-order valence-corrected chi connectivity index (χ0v) is 29.2. The molecule has 0 saturated carbocycles. The normalized spacial score (nSPS) is 18.3. The largest absolute Gasteiger partial charge is 0.465 e. The third kappa shape index (κ3) is 6.47.